The van der Waals surface area contributed by atoms with Gasteiger partial charge in [0.25, 0.3) is 11.8 Å². The summed E-state index contributed by atoms with van der Waals surface area (Å²) in [5, 5.41) is 29.8. The molecule has 2 amide bonds. The van der Waals surface area contributed by atoms with Gasteiger partial charge in [0.05, 0.1) is 5.69 Å². The molecule has 0 aliphatic heterocycles. The molecule has 6 N–H and O–H groups in total. The van der Waals surface area contributed by atoms with Gasteiger partial charge in [-0.3, -0.25) is 9.59 Å². The van der Waals surface area contributed by atoms with Crippen molar-refractivity contribution in [2.75, 3.05) is 23.7 Å². The maximum atomic E-state index is 12.3. The number of hydrogen-bond donors (Lipinski definition) is 6. The Bertz CT molecular complexity index is 2470. The number of nitrogens with zero attached hydrogens (tertiary/aromatic N) is 2. The number of alkyl halides is 6. The largest absolute Gasteiger partial charge is 0.573 e. The van der Waals surface area contributed by atoms with Crippen LogP contribution < -0.4 is 36.2 Å². The van der Waals surface area contributed by atoms with E-state index in [4.69, 9.17) is 44.9 Å². The van der Waals surface area contributed by atoms with Crippen LogP contribution in [0, 0.1) is 0 Å². The van der Waals surface area contributed by atoms with Gasteiger partial charge in [-0.25, -0.2) is 9.97 Å². The number of amides is 2. The summed E-state index contributed by atoms with van der Waals surface area (Å²) in [6.45, 7) is 4.72. The van der Waals surface area contributed by atoms with Crippen LogP contribution in [0.25, 0.3) is 11.3 Å². The molecule has 336 valence electrons. The van der Waals surface area contributed by atoms with E-state index in [1.54, 1.807) is 54.6 Å². The Morgan fingerprint density at radius 3 is 1.44 bits per heavy atom. The SMILES string of the molecule is CCNC(=O)c1cccc(-c2cc(Nc3ccc(OC(F)(F)F)cc3)cc(Cl)n2)c1.CCNC(=O)c1cccc(B(O)O)c1.FC(F)(F)Oc1ccc(Nc2cc(Cl)nc(Cl)c2)cc1. The minimum atomic E-state index is -4.74. The number of anilines is 4. The minimum Gasteiger partial charge on any atom is -0.423 e. The number of rotatable bonds is 12. The number of carbonyl (C=O) groups is 2. The first-order chi connectivity index (χ1) is 30.2. The second-order valence-electron chi connectivity index (χ2n) is 12.8. The molecule has 6 rings (SSSR count). The van der Waals surface area contributed by atoms with Gasteiger partial charge < -0.3 is 40.8 Å². The molecule has 0 aliphatic rings. The summed E-state index contributed by atoms with van der Waals surface area (Å²) in [6.07, 6.45) is -9.45. The summed E-state index contributed by atoms with van der Waals surface area (Å²) >= 11 is 17.6. The molecule has 0 unspecified atom stereocenters. The van der Waals surface area contributed by atoms with E-state index in [0.717, 1.165) is 0 Å². The molecular formula is C42H36BCl3F6N6O6. The van der Waals surface area contributed by atoms with Crippen molar-refractivity contribution in [3.63, 3.8) is 0 Å². The normalized spacial score (nSPS) is 10.8. The number of benzene rings is 4. The molecule has 4 aromatic carbocycles. The minimum absolute atomic E-state index is 0.194. The quantitative estimate of drug-likeness (QED) is 0.0395. The molecule has 2 aromatic heterocycles. The van der Waals surface area contributed by atoms with Gasteiger partial charge in [0.2, 0.25) is 0 Å². The topological polar surface area (TPSA) is 167 Å². The monoisotopic (exact) mass is 950 g/mol. The molecule has 0 saturated carbocycles. The Kier molecular flexibility index (Phi) is 18.5. The zero-order valence-corrected chi connectivity index (χ0v) is 35.6. The van der Waals surface area contributed by atoms with Crippen molar-refractivity contribution in [2.24, 2.45) is 0 Å². The molecule has 0 radical (unpaired) electrons. The van der Waals surface area contributed by atoms with E-state index in [-0.39, 0.29) is 38.8 Å². The molecule has 0 aliphatic carbocycles. The van der Waals surface area contributed by atoms with Gasteiger partial charge in [-0.15, -0.1) is 26.3 Å². The molecule has 0 atom stereocenters. The Hall–Kier alpha value is -6.25. The number of pyridine rings is 2. The average molecular weight is 952 g/mol. The summed E-state index contributed by atoms with van der Waals surface area (Å²) in [7, 11) is -1.54. The van der Waals surface area contributed by atoms with Crippen molar-refractivity contribution in [1.82, 2.24) is 20.6 Å². The van der Waals surface area contributed by atoms with Crippen LogP contribution in [0.15, 0.2) is 121 Å². The fourth-order valence-corrected chi connectivity index (χ4v) is 5.92. The summed E-state index contributed by atoms with van der Waals surface area (Å²) in [5.74, 6) is -1.02. The van der Waals surface area contributed by atoms with Gasteiger partial charge >= 0.3 is 19.8 Å². The summed E-state index contributed by atoms with van der Waals surface area (Å²) in [5.41, 5.74) is 4.70. The van der Waals surface area contributed by atoms with Gasteiger partial charge in [0, 0.05) is 52.5 Å². The van der Waals surface area contributed by atoms with Crippen LogP contribution in [-0.2, 0) is 0 Å². The number of nitrogens with one attached hydrogen (secondary N) is 4. The van der Waals surface area contributed by atoms with E-state index < -0.39 is 19.8 Å². The second kappa shape index (κ2) is 23.4. The van der Waals surface area contributed by atoms with E-state index in [0.29, 0.717) is 63.7 Å². The Morgan fingerprint density at radius 1 is 0.578 bits per heavy atom. The third-order valence-corrected chi connectivity index (χ3v) is 8.43. The van der Waals surface area contributed by atoms with Crippen molar-refractivity contribution in [2.45, 2.75) is 26.6 Å². The number of halogens is 9. The number of ether oxygens (including phenoxy) is 2. The highest BCUT2D eigenvalue weighted by Gasteiger charge is 2.31. The highest BCUT2D eigenvalue weighted by atomic mass is 35.5. The summed E-state index contributed by atoms with van der Waals surface area (Å²) in [6, 6.07) is 30.1. The summed E-state index contributed by atoms with van der Waals surface area (Å²) < 4.78 is 80.5. The fraction of sp³-hybridized carbons (Fsp3) is 0.143. The second-order valence-corrected chi connectivity index (χ2v) is 13.9. The molecular weight excluding hydrogens is 916 g/mol. The zero-order valence-electron chi connectivity index (χ0n) is 33.4. The lowest BCUT2D eigenvalue weighted by molar-refractivity contribution is -0.275. The first kappa shape index (κ1) is 50.4. The molecule has 0 spiro atoms. The Morgan fingerprint density at radius 2 is 1.00 bits per heavy atom. The van der Waals surface area contributed by atoms with Crippen molar-refractivity contribution < 1.29 is 55.5 Å². The van der Waals surface area contributed by atoms with Crippen molar-refractivity contribution in [3.8, 4) is 22.8 Å². The average Bonchev–Trinajstić information content (AvgIpc) is 3.21. The van der Waals surface area contributed by atoms with Gasteiger partial charge in [-0.2, -0.15) is 0 Å². The number of aromatic nitrogens is 2. The molecule has 0 saturated heterocycles. The van der Waals surface area contributed by atoms with E-state index in [9.17, 15) is 35.9 Å². The van der Waals surface area contributed by atoms with Crippen LogP contribution >= 0.6 is 34.8 Å². The molecule has 0 fully saturated rings. The first-order valence-corrected chi connectivity index (χ1v) is 19.7. The zero-order chi connectivity index (χ0) is 47.0. The molecule has 22 heteroatoms. The first-order valence-electron chi connectivity index (χ1n) is 18.6. The van der Waals surface area contributed by atoms with Gasteiger partial charge in [0.1, 0.15) is 27.0 Å². The van der Waals surface area contributed by atoms with Crippen LogP contribution in [0.2, 0.25) is 15.5 Å². The maximum absolute atomic E-state index is 12.3. The maximum Gasteiger partial charge on any atom is 0.573 e. The lowest BCUT2D eigenvalue weighted by Crippen LogP contribution is -2.31. The number of hydrogen-bond acceptors (Lipinski definition) is 10. The Balaban J connectivity index is 0.000000228. The van der Waals surface area contributed by atoms with Crippen LogP contribution in [0.1, 0.15) is 34.6 Å². The molecule has 12 nitrogen and oxygen atoms in total. The van der Waals surface area contributed by atoms with Crippen LogP contribution in [0.5, 0.6) is 11.5 Å². The highest BCUT2D eigenvalue weighted by molar-refractivity contribution is 6.58. The van der Waals surface area contributed by atoms with Gasteiger partial charge in [-0.1, -0.05) is 59.1 Å². The smallest absolute Gasteiger partial charge is 0.423 e. The van der Waals surface area contributed by atoms with Crippen LogP contribution in [-0.4, -0.2) is 64.8 Å². The third-order valence-electron chi connectivity index (χ3n) is 7.85. The highest BCUT2D eigenvalue weighted by Crippen LogP contribution is 2.30. The van der Waals surface area contributed by atoms with E-state index in [2.05, 4.69) is 40.7 Å². The molecule has 0 bridgehead atoms. The van der Waals surface area contributed by atoms with E-state index >= 15 is 0 Å². The lowest BCUT2D eigenvalue weighted by atomic mass is 9.79. The fourth-order valence-electron chi connectivity index (χ4n) is 5.25. The molecule has 64 heavy (non-hydrogen) atoms. The van der Waals surface area contributed by atoms with E-state index in [1.165, 1.54) is 66.7 Å². The molecule has 2 heterocycles. The predicted octanol–water partition coefficient (Wildman–Crippen LogP) is 9.94. The van der Waals surface area contributed by atoms with Crippen molar-refractivity contribution in [3.05, 3.63) is 148 Å². The van der Waals surface area contributed by atoms with Crippen LogP contribution in [0.4, 0.5) is 49.1 Å². The molecule has 6 aromatic rings. The third kappa shape index (κ3) is 17.5. The van der Waals surface area contributed by atoms with Crippen LogP contribution in [0.3, 0.4) is 0 Å². The van der Waals surface area contributed by atoms with Gasteiger partial charge in [0.15, 0.2) is 0 Å². The standard InChI is InChI=1S/C21H17ClF3N3O2.C12H7Cl2F3N2O.C9H12BNO3/c1-2-26-20(29)14-5-3-4-13(10-14)18-11-16(12-19(22)28-18)27-15-6-8-17(9-7-15)30-21(23,24)25;13-10-5-8(6-11(14)19-10)18-7-1-3-9(4-2-7)20-12(15,16)17;1-2-11-9(12)7-4-3-5-8(6-7)10(13)14/h3-12H,2H2,1H3,(H,26,29)(H,27,28);1-6H,(H,18,19);3-6,13-14H,2H2,1H3,(H,11,12). The van der Waals surface area contributed by atoms with Gasteiger partial charge in [-0.05, 0) is 116 Å². The predicted molar refractivity (Wildman–Crippen MR) is 234 cm³/mol. The Labute approximate surface area is 377 Å². The van der Waals surface area contributed by atoms with Crippen molar-refractivity contribution in [1.29, 1.82) is 0 Å². The lowest BCUT2D eigenvalue weighted by Gasteiger charge is -2.12. The summed E-state index contributed by atoms with van der Waals surface area (Å²) in [4.78, 5) is 31.5. The van der Waals surface area contributed by atoms with E-state index in [1.807, 2.05) is 13.8 Å². The van der Waals surface area contributed by atoms with Crippen molar-refractivity contribution >= 4 is 81.9 Å². The number of carbonyl (C=O) groups excluding carboxylic acids is 2.